The number of hydrogen-bond donors (Lipinski definition) is 1. The summed E-state index contributed by atoms with van der Waals surface area (Å²) in [4.78, 5) is 16.0. The predicted molar refractivity (Wildman–Crippen MR) is 100 cm³/mol. The Morgan fingerprint density at radius 1 is 1.12 bits per heavy atom. The first-order valence-corrected chi connectivity index (χ1v) is 8.54. The van der Waals surface area contributed by atoms with Crippen LogP contribution in [-0.2, 0) is 11.3 Å². The average Bonchev–Trinajstić information content (AvgIpc) is 3.15. The van der Waals surface area contributed by atoms with Crippen molar-refractivity contribution in [2.45, 2.75) is 26.3 Å². The first-order valence-electron chi connectivity index (χ1n) is 8.54. The molecule has 0 atom stereocenters. The number of rotatable bonds is 7. The van der Waals surface area contributed by atoms with Gasteiger partial charge in [-0.25, -0.2) is 9.67 Å². The molecule has 1 aromatic heterocycles. The second-order valence-electron chi connectivity index (χ2n) is 6.35. The summed E-state index contributed by atoms with van der Waals surface area (Å²) in [6.45, 7) is 4.90. The van der Waals surface area contributed by atoms with Crippen LogP contribution in [0.4, 0.5) is 5.69 Å². The molecule has 0 aliphatic carbocycles. The van der Waals surface area contributed by atoms with E-state index in [0.717, 1.165) is 11.3 Å². The van der Waals surface area contributed by atoms with Gasteiger partial charge in [-0.2, -0.15) is 5.10 Å². The van der Waals surface area contributed by atoms with Crippen LogP contribution in [0.15, 0.2) is 61.2 Å². The van der Waals surface area contributed by atoms with E-state index in [0.29, 0.717) is 18.2 Å². The molecule has 2 aromatic carbocycles. The van der Waals surface area contributed by atoms with Gasteiger partial charge in [0.2, 0.25) is 0 Å². The van der Waals surface area contributed by atoms with Gasteiger partial charge in [0.25, 0.3) is 5.91 Å². The van der Waals surface area contributed by atoms with E-state index in [1.54, 1.807) is 11.0 Å². The number of aromatic nitrogens is 3. The molecule has 0 aliphatic rings. The third-order valence-electron chi connectivity index (χ3n) is 3.97. The van der Waals surface area contributed by atoms with Crippen molar-refractivity contribution in [3.05, 3.63) is 72.3 Å². The van der Waals surface area contributed by atoms with Crippen molar-refractivity contribution in [2.24, 2.45) is 0 Å². The van der Waals surface area contributed by atoms with Gasteiger partial charge in [0.15, 0.2) is 6.61 Å². The van der Waals surface area contributed by atoms with E-state index >= 15 is 0 Å². The Hall–Kier alpha value is -3.15. The van der Waals surface area contributed by atoms with Gasteiger partial charge in [-0.3, -0.25) is 4.79 Å². The number of anilines is 1. The number of ether oxygens (including phenoxy) is 1. The summed E-state index contributed by atoms with van der Waals surface area (Å²) in [6.07, 6.45) is 3.17. The summed E-state index contributed by atoms with van der Waals surface area (Å²) in [5.41, 5.74) is 3.05. The molecule has 0 bridgehead atoms. The second kappa shape index (κ2) is 8.29. The lowest BCUT2D eigenvalue weighted by Gasteiger charge is -2.10. The van der Waals surface area contributed by atoms with Crippen molar-refractivity contribution in [1.29, 1.82) is 0 Å². The maximum atomic E-state index is 12.0. The molecule has 3 rings (SSSR count). The maximum Gasteiger partial charge on any atom is 0.262 e. The van der Waals surface area contributed by atoms with Crippen molar-refractivity contribution < 1.29 is 9.53 Å². The Morgan fingerprint density at radius 3 is 2.46 bits per heavy atom. The Bertz CT molecular complexity index is 825. The van der Waals surface area contributed by atoms with Gasteiger partial charge in [0, 0.05) is 5.69 Å². The number of carbonyl (C=O) groups excluding carboxylic acids is 1. The highest BCUT2D eigenvalue weighted by Gasteiger charge is 2.05. The van der Waals surface area contributed by atoms with Crippen LogP contribution in [0.3, 0.4) is 0 Å². The first kappa shape index (κ1) is 17.7. The fraction of sp³-hybridized carbons (Fsp3) is 0.250. The smallest absolute Gasteiger partial charge is 0.262 e. The lowest BCUT2D eigenvalue weighted by Crippen LogP contribution is -2.20. The summed E-state index contributed by atoms with van der Waals surface area (Å²) in [5.74, 6) is 0.967. The molecule has 0 radical (unpaired) electrons. The molecule has 6 nitrogen and oxygen atoms in total. The topological polar surface area (TPSA) is 69.0 Å². The third kappa shape index (κ3) is 4.92. The van der Waals surface area contributed by atoms with E-state index in [1.807, 2.05) is 48.5 Å². The molecule has 0 aliphatic heterocycles. The number of amides is 1. The van der Waals surface area contributed by atoms with Gasteiger partial charge in [0.1, 0.15) is 18.4 Å². The second-order valence-corrected chi connectivity index (χ2v) is 6.35. The van der Waals surface area contributed by atoms with Gasteiger partial charge >= 0.3 is 0 Å². The lowest BCUT2D eigenvalue weighted by atomic mass is 10.0. The van der Waals surface area contributed by atoms with E-state index in [4.69, 9.17) is 4.74 Å². The number of benzene rings is 2. The predicted octanol–water partition coefficient (Wildman–Crippen LogP) is 3.47. The van der Waals surface area contributed by atoms with Gasteiger partial charge in [0.05, 0.1) is 6.54 Å². The first-order chi connectivity index (χ1) is 12.6. The van der Waals surface area contributed by atoms with Crippen LogP contribution >= 0.6 is 0 Å². The lowest BCUT2D eigenvalue weighted by molar-refractivity contribution is -0.118. The minimum absolute atomic E-state index is 0.0261. The number of nitrogens with one attached hydrogen (secondary N) is 1. The Labute approximate surface area is 152 Å². The summed E-state index contributed by atoms with van der Waals surface area (Å²) in [6, 6.07) is 15.4. The average molecular weight is 350 g/mol. The highest BCUT2D eigenvalue weighted by atomic mass is 16.5. The van der Waals surface area contributed by atoms with E-state index in [1.165, 1.54) is 11.9 Å². The SMILES string of the molecule is CC(C)c1ccc(OCC(=O)Nc2ccc(Cn3cncn3)cc2)cc1. The highest BCUT2D eigenvalue weighted by molar-refractivity contribution is 5.91. The van der Waals surface area contributed by atoms with E-state index < -0.39 is 0 Å². The van der Waals surface area contributed by atoms with Crippen molar-refractivity contribution in [3.8, 4) is 5.75 Å². The molecule has 1 heterocycles. The number of carbonyl (C=O) groups is 1. The molecule has 26 heavy (non-hydrogen) atoms. The zero-order valence-electron chi connectivity index (χ0n) is 14.9. The summed E-state index contributed by atoms with van der Waals surface area (Å²) in [7, 11) is 0. The van der Waals surface area contributed by atoms with Gasteiger partial charge in [-0.05, 0) is 41.3 Å². The molecule has 1 amide bonds. The quantitative estimate of drug-likeness (QED) is 0.708. The molecule has 1 N–H and O–H groups in total. The van der Waals surface area contributed by atoms with Gasteiger partial charge < -0.3 is 10.1 Å². The van der Waals surface area contributed by atoms with Crippen LogP contribution in [0.1, 0.15) is 30.9 Å². The fourth-order valence-corrected chi connectivity index (χ4v) is 2.49. The standard InChI is InChI=1S/C20H22N4O2/c1-15(2)17-5-9-19(10-6-17)26-12-20(25)23-18-7-3-16(4-8-18)11-24-14-21-13-22-24/h3-10,13-15H,11-12H2,1-2H3,(H,23,25). The van der Waals surface area contributed by atoms with Crippen LogP contribution in [0.25, 0.3) is 0 Å². The van der Waals surface area contributed by atoms with Crippen LogP contribution in [0.2, 0.25) is 0 Å². The van der Waals surface area contributed by atoms with E-state index in [2.05, 4.69) is 29.2 Å². The van der Waals surface area contributed by atoms with E-state index in [-0.39, 0.29) is 12.5 Å². The normalized spacial score (nSPS) is 10.7. The monoisotopic (exact) mass is 350 g/mol. The van der Waals surface area contributed by atoms with Crippen LogP contribution in [0.5, 0.6) is 5.75 Å². The van der Waals surface area contributed by atoms with Gasteiger partial charge in [-0.1, -0.05) is 38.1 Å². The molecule has 0 fully saturated rings. The Balaban J connectivity index is 1.48. The van der Waals surface area contributed by atoms with Crippen molar-refractivity contribution >= 4 is 11.6 Å². The Morgan fingerprint density at radius 2 is 1.85 bits per heavy atom. The molecule has 134 valence electrons. The fourth-order valence-electron chi connectivity index (χ4n) is 2.49. The zero-order chi connectivity index (χ0) is 18.4. The molecule has 6 heteroatoms. The van der Waals surface area contributed by atoms with Crippen molar-refractivity contribution in [1.82, 2.24) is 14.8 Å². The molecule has 0 saturated heterocycles. The van der Waals surface area contributed by atoms with Crippen molar-refractivity contribution in [2.75, 3.05) is 11.9 Å². The van der Waals surface area contributed by atoms with Gasteiger partial charge in [-0.15, -0.1) is 0 Å². The van der Waals surface area contributed by atoms with Crippen LogP contribution in [-0.4, -0.2) is 27.3 Å². The molecule has 0 unspecified atom stereocenters. The van der Waals surface area contributed by atoms with Crippen LogP contribution < -0.4 is 10.1 Å². The summed E-state index contributed by atoms with van der Waals surface area (Å²) >= 11 is 0. The number of hydrogen-bond acceptors (Lipinski definition) is 4. The van der Waals surface area contributed by atoms with Crippen LogP contribution in [0, 0.1) is 0 Å². The minimum atomic E-state index is -0.193. The minimum Gasteiger partial charge on any atom is -0.484 e. The highest BCUT2D eigenvalue weighted by Crippen LogP contribution is 2.18. The summed E-state index contributed by atoms with van der Waals surface area (Å²) < 4.78 is 7.28. The molecular weight excluding hydrogens is 328 g/mol. The zero-order valence-corrected chi connectivity index (χ0v) is 14.9. The molecule has 0 spiro atoms. The number of nitrogens with zero attached hydrogens (tertiary/aromatic N) is 3. The molecule has 3 aromatic rings. The molecule has 0 saturated carbocycles. The van der Waals surface area contributed by atoms with E-state index in [9.17, 15) is 4.79 Å². The molecular formula is C20H22N4O2. The Kier molecular flexibility index (Phi) is 5.63. The largest absolute Gasteiger partial charge is 0.484 e. The third-order valence-corrected chi connectivity index (χ3v) is 3.97. The maximum absolute atomic E-state index is 12.0. The van der Waals surface area contributed by atoms with Crippen molar-refractivity contribution in [3.63, 3.8) is 0 Å². The summed E-state index contributed by atoms with van der Waals surface area (Å²) in [5, 5.41) is 6.90.